The largest absolute Gasteiger partial charge is 0.399 e. The molecule has 0 radical (unpaired) electrons. The molecule has 0 fully saturated rings. The fourth-order valence-electron chi connectivity index (χ4n) is 6.54. The van der Waals surface area contributed by atoms with Crippen LogP contribution in [0.1, 0.15) is 16.7 Å². The molecule has 0 aliphatic heterocycles. The van der Waals surface area contributed by atoms with E-state index in [-0.39, 0.29) is 0 Å². The Hall–Kier alpha value is -5.99. The van der Waals surface area contributed by atoms with E-state index in [9.17, 15) is 0 Å². The zero-order chi connectivity index (χ0) is 30.9. The fourth-order valence-corrected chi connectivity index (χ4v) is 6.54. The molecule has 0 unspecified atom stereocenters. The van der Waals surface area contributed by atoms with Crippen LogP contribution in [0.5, 0.6) is 0 Å². The van der Waals surface area contributed by atoms with Crippen molar-refractivity contribution in [3.05, 3.63) is 180 Å². The number of benzene rings is 8. The highest BCUT2D eigenvalue weighted by atomic mass is 14.7. The fraction of sp³-hybridized carbons (Fsp3) is 0.0227. The lowest BCUT2D eigenvalue weighted by Crippen LogP contribution is -2.00. The molecule has 0 atom stereocenters. The zero-order valence-electron chi connectivity index (χ0n) is 25.4. The van der Waals surface area contributed by atoms with Crippen LogP contribution >= 0.6 is 0 Å². The lowest BCUT2D eigenvalue weighted by Gasteiger charge is -2.12. The number of rotatable bonds is 6. The molecule has 8 aromatic carbocycles. The molecule has 8 rings (SSSR count). The number of nitrogens with two attached hydrogens (primary N) is 1. The first kappa shape index (κ1) is 27.6. The Bertz CT molecular complexity index is 2430. The van der Waals surface area contributed by atoms with Crippen LogP contribution in [0.25, 0.3) is 60.3 Å². The number of nitrogens with zero attached hydrogens (tertiary/aromatic N) is 1. The summed E-state index contributed by atoms with van der Waals surface area (Å²) >= 11 is 0. The average molecular weight is 589 g/mol. The van der Waals surface area contributed by atoms with Crippen molar-refractivity contribution in [1.29, 1.82) is 0 Å². The van der Waals surface area contributed by atoms with E-state index in [0.717, 1.165) is 33.7 Å². The summed E-state index contributed by atoms with van der Waals surface area (Å²) in [7, 11) is 0. The third kappa shape index (κ3) is 5.21. The van der Waals surface area contributed by atoms with Gasteiger partial charge in [0.25, 0.3) is 0 Å². The molecule has 0 saturated heterocycles. The van der Waals surface area contributed by atoms with Crippen LogP contribution in [-0.4, -0.2) is 5.71 Å². The smallest absolute Gasteiger partial charge is 0.0657 e. The van der Waals surface area contributed by atoms with Gasteiger partial charge in [-0.25, -0.2) is 0 Å². The van der Waals surface area contributed by atoms with E-state index in [1.165, 1.54) is 48.7 Å². The van der Waals surface area contributed by atoms with Gasteiger partial charge in [-0.3, -0.25) is 4.99 Å². The second-order valence-corrected chi connectivity index (χ2v) is 11.8. The minimum atomic E-state index is 0.571. The van der Waals surface area contributed by atoms with E-state index < -0.39 is 0 Å². The van der Waals surface area contributed by atoms with Crippen LogP contribution in [0, 0.1) is 0 Å². The number of fused-ring (bicyclic) bond motifs is 6. The first-order chi connectivity index (χ1) is 22.7. The van der Waals surface area contributed by atoms with E-state index in [0.29, 0.717) is 6.54 Å². The third-order valence-corrected chi connectivity index (χ3v) is 8.89. The van der Waals surface area contributed by atoms with Gasteiger partial charge in [0.15, 0.2) is 0 Å². The zero-order valence-corrected chi connectivity index (χ0v) is 25.4. The summed E-state index contributed by atoms with van der Waals surface area (Å²) in [5.74, 6) is 0. The molecule has 0 aliphatic rings. The van der Waals surface area contributed by atoms with Crippen LogP contribution in [0.4, 0.5) is 5.69 Å². The quantitative estimate of drug-likeness (QED) is 0.117. The predicted molar refractivity (Wildman–Crippen MR) is 198 cm³/mol. The van der Waals surface area contributed by atoms with Gasteiger partial charge in [-0.05, 0) is 95.7 Å². The first-order valence-electron chi connectivity index (χ1n) is 15.7. The van der Waals surface area contributed by atoms with Crippen molar-refractivity contribution in [2.45, 2.75) is 6.54 Å². The lowest BCUT2D eigenvalue weighted by atomic mass is 9.93. The Balaban J connectivity index is 1.25. The van der Waals surface area contributed by atoms with Gasteiger partial charge in [0.05, 0.1) is 12.3 Å². The van der Waals surface area contributed by atoms with Crippen molar-refractivity contribution in [2.24, 2.45) is 4.99 Å². The molecular weight excluding hydrogens is 556 g/mol. The maximum Gasteiger partial charge on any atom is 0.0657 e. The molecule has 2 heteroatoms. The Morgan fingerprint density at radius 1 is 0.500 bits per heavy atom. The van der Waals surface area contributed by atoms with Gasteiger partial charge in [0, 0.05) is 11.3 Å². The van der Waals surface area contributed by atoms with Crippen molar-refractivity contribution in [3.8, 4) is 11.1 Å². The SMILES string of the molecule is Nc1ccc(-c2ccc(CN=C(/C=C/c3cc4ccccc4c4ccccc34)c3cc4ccccc4c4ccccc34)cc2)cc1. The maximum atomic E-state index is 5.90. The van der Waals surface area contributed by atoms with Gasteiger partial charge in [0.2, 0.25) is 0 Å². The minimum absolute atomic E-state index is 0.571. The Kier molecular flexibility index (Phi) is 7.09. The summed E-state index contributed by atoms with van der Waals surface area (Å²) in [4.78, 5) is 5.31. The molecule has 0 heterocycles. The summed E-state index contributed by atoms with van der Waals surface area (Å²) in [6, 6.07) is 55.9. The third-order valence-electron chi connectivity index (χ3n) is 8.89. The summed E-state index contributed by atoms with van der Waals surface area (Å²) in [5.41, 5.74) is 13.4. The standard InChI is InChI=1S/C44H32N2/c45-36-24-21-32(22-25-36)31-19-17-30(18-20-31)29-46-44(43-28-34-10-2-4-12-38(34)41-15-7-8-16-42(41)43)26-23-35-27-33-9-1-3-11-37(33)40-14-6-5-13-39(35)40/h1-28H,29,45H2/b26-23+,46-44?. The van der Waals surface area contributed by atoms with Crippen LogP contribution < -0.4 is 5.73 Å². The highest BCUT2D eigenvalue weighted by Gasteiger charge is 2.11. The Morgan fingerprint density at radius 3 is 1.65 bits per heavy atom. The molecule has 2 nitrogen and oxygen atoms in total. The van der Waals surface area contributed by atoms with E-state index in [2.05, 4.69) is 158 Å². The number of allylic oxidation sites excluding steroid dienone is 1. The molecule has 0 spiro atoms. The molecule has 0 bridgehead atoms. The number of hydrogen-bond donors (Lipinski definition) is 1. The molecule has 46 heavy (non-hydrogen) atoms. The van der Waals surface area contributed by atoms with E-state index in [1.54, 1.807) is 0 Å². The van der Waals surface area contributed by atoms with E-state index in [4.69, 9.17) is 10.7 Å². The van der Waals surface area contributed by atoms with Gasteiger partial charge in [-0.1, -0.05) is 140 Å². The van der Waals surface area contributed by atoms with E-state index >= 15 is 0 Å². The van der Waals surface area contributed by atoms with Crippen molar-refractivity contribution >= 4 is 60.6 Å². The molecule has 218 valence electrons. The Morgan fingerprint density at radius 2 is 1.00 bits per heavy atom. The maximum absolute atomic E-state index is 5.90. The second kappa shape index (κ2) is 11.8. The van der Waals surface area contributed by atoms with Gasteiger partial charge in [-0.2, -0.15) is 0 Å². The molecule has 0 saturated carbocycles. The number of hydrogen-bond acceptors (Lipinski definition) is 2. The minimum Gasteiger partial charge on any atom is -0.399 e. The Labute approximate surface area is 268 Å². The summed E-state index contributed by atoms with van der Waals surface area (Å²) < 4.78 is 0. The first-order valence-corrected chi connectivity index (χ1v) is 15.7. The van der Waals surface area contributed by atoms with Crippen LogP contribution in [0.2, 0.25) is 0 Å². The van der Waals surface area contributed by atoms with Gasteiger partial charge in [-0.15, -0.1) is 0 Å². The molecule has 8 aromatic rings. The van der Waals surface area contributed by atoms with Crippen LogP contribution in [0.15, 0.2) is 169 Å². The predicted octanol–water partition coefficient (Wildman–Crippen LogP) is 11.3. The summed E-state index contributed by atoms with van der Waals surface area (Å²) in [6.07, 6.45) is 4.44. The highest BCUT2D eigenvalue weighted by Crippen LogP contribution is 2.32. The summed E-state index contributed by atoms with van der Waals surface area (Å²) in [5, 5.41) is 9.90. The van der Waals surface area contributed by atoms with Gasteiger partial charge < -0.3 is 5.73 Å². The van der Waals surface area contributed by atoms with E-state index in [1.807, 2.05) is 12.1 Å². The topological polar surface area (TPSA) is 38.4 Å². The van der Waals surface area contributed by atoms with Crippen molar-refractivity contribution in [2.75, 3.05) is 5.73 Å². The van der Waals surface area contributed by atoms with Crippen LogP contribution in [-0.2, 0) is 6.54 Å². The molecule has 0 aliphatic carbocycles. The number of nitrogen functional groups attached to an aromatic ring is 1. The highest BCUT2D eigenvalue weighted by molar-refractivity contribution is 6.23. The molecular formula is C44H32N2. The van der Waals surface area contributed by atoms with Crippen molar-refractivity contribution < 1.29 is 0 Å². The van der Waals surface area contributed by atoms with Crippen molar-refractivity contribution in [1.82, 2.24) is 0 Å². The van der Waals surface area contributed by atoms with Crippen molar-refractivity contribution in [3.63, 3.8) is 0 Å². The van der Waals surface area contributed by atoms with Crippen LogP contribution in [0.3, 0.4) is 0 Å². The molecule has 0 aromatic heterocycles. The summed E-state index contributed by atoms with van der Waals surface area (Å²) in [6.45, 7) is 0.571. The average Bonchev–Trinajstić information content (AvgIpc) is 3.12. The van der Waals surface area contributed by atoms with Gasteiger partial charge in [0.1, 0.15) is 0 Å². The number of aliphatic imine (C=N–C) groups is 1. The molecule has 0 amide bonds. The number of anilines is 1. The molecule has 2 N–H and O–H groups in total. The second-order valence-electron chi connectivity index (χ2n) is 11.8. The lowest BCUT2D eigenvalue weighted by molar-refractivity contribution is 1.07. The monoisotopic (exact) mass is 588 g/mol. The van der Waals surface area contributed by atoms with Gasteiger partial charge >= 0.3 is 0 Å². The normalized spacial score (nSPS) is 12.1.